The van der Waals surface area contributed by atoms with E-state index < -0.39 is 10.0 Å². The molecule has 12 heavy (non-hydrogen) atoms. The summed E-state index contributed by atoms with van der Waals surface area (Å²) < 4.78 is 25.1. The van der Waals surface area contributed by atoms with E-state index in [-0.39, 0.29) is 5.25 Å². The summed E-state index contributed by atoms with van der Waals surface area (Å²) in [6, 6.07) is 0. The maximum atomic E-state index is 11.2. The van der Waals surface area contributed by atoms with Gasteiger partial charge in [0.15, 0.2) is 0 Å². The number of hydrogen-bond acceptors (Lipinski definition) is 2. The molecule has 0 spiro atoms. The number of unbranched alkanes of at least 4 members (excludes halogenated alkanes) is 1. The fourth-order valence-electron chi connectivity index (χ4n) is 0.930. The molecule has 72 valence electrons. The maximum Gasteiger partial charge on any atom is 0.214 e. The Morgan fingerprint density at radius 1 is 1.33 bits per heavy atom. The SMILES string of the molecule is O=S(=O)(NCCCCBr)C1CC1. The molecule has 0 aliphatic heterocycles. The number of hydrogen-bond donors (Lipinski definition) is 1. The number of sulfonamides is 1. The van der Waals surface area contributed by atoms with Gasteiger partial charge in [-0.05, 0) is 25.7 Å². The summed E-state index contributed by atoms with van der Waals surface area (Å²) in [6.45, 7) is 0.588. The molecule has 1 aliphatic rings. The smallest absolute Gasteiger partial charge is 0.214 e. The standard InChI is InChI=1S/C7H14BrNO2S/c8-5-1-2-6-9-12(10,11)7-3-4-7/h7,9H,1-6H2. The summed E-state index contributed by atoms with van der Waals surface area (Å²) in [5, 5.41) is 0.861. The van der Waals surface area contributed by atoms with Gasteiger partial charge in [0.05, 0.1) is 5.25 Å². The van der Waals surface area contributed by atoms with Crippen molar-refractivity contribution in [3.05, 3.63) is 0 Å². The van der Waals surface area contributed by atoms with Gasteiger partial charge in [0.25, 0.3) is 0 Å². The van der Waals surface area contributed by atoms with Crippen LogP contribution in [0.5, 0.6) is 0 Å². The van der Waals surface area contributed by atoms with Crippen molar-refractivity contribution in [1.82, 2.24) is 4.72 Å². The number of halogens is 1. The minimum Gasteiger partial charge on any atom is -0.215 e. The Kier molecular flexibility index (Phi) is 3.99. The topological polar surface area (TPSA) is 46.2 Å². The Bertz CT molecular complexity index is 224. The fourth-order valence-corrected chi connectivity index (χ4v) is 2.75. The van der Waals surface area contributed by atoms with Crippen LogP contribution in [-0.2, 0) is 10.0 Å². The highest BCUT2D eigenvalue weighted by Gasteiger charge is 2.34. The van der Waals surface area contributed by atoms with E-state index in [4.69, 9.17) is 0 Å². The first-order valence-electron chi connectivity index (χ1n) is 4.21. The molecule has 0 heterocycles. The highest BCUT2D eigenvalue weighted by molar-refractivity contribution is 9.09. The third-order valence-corrected chi connectivity index (χ3v) is 4.34. The van der Waals surface area contributed by atoms with Gasteiger partial charge in [0.2, 0.25) is 10.0 Å². The van der Waals surface area contributed by atoms with Crippen molar-refractivity contribution in [2.75, 3.05) is 11.9 Å². The lowest BCUT2D eigenvalue weighted by Crippen LogP contribution is -2.28. The van der Waals surface area contributed by atoms with E-state index in [1.54, 1.807) is 0 Å². The predicted molar refractivity (Wildman–Crippen MR) is 53.0 cm³/mol. The van der Waals surface area contributed by atoms with E-state index in [1.807, 2.05) is 0 Å². The zero-order valence-corrected chi connectivity index (χ0v) is 9.33. The van der Waals surface area contributed by atoms with Crippen LogP contribution in [0.4, 0.5) is 0 Å². The van der Waals surface area contributed by atoms with Crippen molar-refractivity contribution < 1.29 is 8.42 Å². The molecule has 1 N–H and O–H groups in total. The van der Waals surface area contributed by atoms with E-state index in [2.05, 4.69) is 20.7 Å². The fraction of sp³-hybridized carbons (Fsp3) is 1.00. The van der Waals surface area contributed by atoms with Crippen LogP contribution >= 0.6 is 15.9 Å². The normalized spacial score (nSPS) is 18.1. The van der Waals surface area contributed by atoms with Crippen molar-refractivity contribution in [3.8, 4) is 0 Å². The molecule has 3 nitrogen and oxygen atoms in total. The number of alkyl halides is 1. The summed E-state index contributed by atoms with van der Waals surface area (Å²) in [7, 11) is -2.93. The highest BCUT2D eigenvalue weighted by Crippen LogP contribution is 2.27. The van der Waals surface area contributed by atoms with Crippen LogP contribution in [0.15, 0.2) is 0 Å². The average molecular weight is 256 g/mol. The molecule has 1 aliphatic carbocycles. The van der Waals surface area contributed by atoms with Gasteiger partial charge in [-0.2, -0.15) is 0 Å². The third kappa shape index (κ3) is 3.41. The number of rotatable bonds is 6. The molecule has 0 aromatic rings. The predicted octanol–water partition coefficient (Wildman–Crippen LogP) is 1.24. The molecule has 0 saturated heterocycles. The van der Waals surface area contributed by atoms with Gasteiger partial charge in [0, 0.05) is 11.9 Å². The van der Waals surface area contributed by atoms with Gasteiger partial charge >= 0.3 is 0 Å². The number of nitrogens with one attached hydrogen (secondary N) is 1. The monoisotopic (exact) mass is 255 g/mol. The lowest BCUT2D eigenvalue weighted by molar-refractivity contribution is 0.577. The van der Waals surface area contributed by atoms with E-state index in [0.717, 1.165) is 31.0 Å². The van der Waals surface area contributed by atoms with Crippen LogP contribution in [0, 0.1) is 0 Å². The molecular weight excluding hydrogens is 242 g/mol. The van der Waals surface area contributed by atoms with E-state index >= 15 is 0 Å². The molecular formula is C7H14BrNO2S. The molecule has 0 atom stereocenters. The second-order valence-electron chi connectivity index (χ2n) is 3.03. The quantitative estimate of drug-likeness (QED) is 0.574. The zero-order valence-electron chi connectivity index (χ0n) is 6.92. The Morgan fingerprint density at radius 2 is 2.00 bits per heavy atom. The van der Waals surface area contributed by atoms with E-state index in [9.17, 15) is 8.42 Å². The van der Waals surface area contributed by atoms with Gasteiger partial charge in [0.1, 0.15) is 0 Å². The molecule has 1 saturated carbocycles. The Hall–Kier alpha value is 0.390. The van der Waals surface area contributed by atoms with Gasteiger partial charge in [-0.15, -0.1) is 0 Å². The molecule has 0 bridgehead atoms. The molecule has 0 radical (unpaired) electrons. The molecule has 1 fully saturated rings. The van der Waals surface area contributed by atoms with Crippen LogP contribution in [0.2, 0.25) is 0 Å². The van der Waals surface area contributed by atoms with Gasteiger partial charge in [-0.1, -0.05) is 15.9 Å². The van der Waals surface area contributed by atoms with Crippen LogP contribution in [0.1, 0.15) is 25.7 Å². The molecule has 0 unspecified atom stereocenters. The summed E-state index contributed by atoms with van der Waals surface area (Å²) >= 11 is 3.29. The maximum absolute atomic E-state index is 11.2. The van der Waals surface area contributed by atoms with E-state index in [1.165, 1.54) is 0 Å². The van der Waals surface area contributed by atoms with Gasteiger partial charge < -0.3 is 0 Å². The van der Waals surface area contributed by atoms with Gasteiger partial charge in [-0.3, -0.25) is 0 Å². The van der Waals surface area contributed by atoms with Gasteiger partial charge in [-0.25, -0.2) is 13.1 Å². The van der Waals surface area contributed by atoms with Crippen LogP contribution in [0.25, 0.3) is 0 Å². The largest absolute Gasteiger partial charge is 0.215 e. The minimum atomic E-state index is -2.93. The Balaban J connectivity index is 2.13. The van der Waals surface area contributed by atoms with Crippen molar-refractivity contribution in [2.45, 2.75) is 30.9 Å². The molecule has 1 rings (SSSR count). The van der Waals surface area contributed by atoms with Crippen LogP contribution in [-0.4, -0.2) is 25.5 Å². The Morgan fingerprint density at radius 3 is 2.50 bits per heavy atom. The van der Waals surface area contributed by atoms with E-state index in [0.29, 0.717) is 6.54 Å². The Labute approximate surface area is 82.1 Å². The van der Waals surface area contributed by atoms with Crippen molar-refractivity contribution >= 4 is 26.0 Å². The first-order chi connectivity index (χ1) is 5.67. The average Bonchev–Trinajstić information content (AvgIpc) is 2.80. The first-order valence-corrected chi connectivity index (χ1v) is 6.88. The van der Waals surface area contributed by atoms with Crippen LogP contribution in [0.3, 0.4) is 0 Å². The summed E-state index contributed by atoms with van der Waals surface area (Å²) in [6.07, 6.45) is 3.62. The lowest BCUT2D eigenvalue weighted by atomic mass is 10.3. The third-order valence-electron chi connectivity index (χ3n) is 1.83. The van der Waals surface area contributed by atoms with Crippen molar-refractivity contribution in [3.63, 3.8) is 0 Å². The molecule has 5 heteroatoms. The van der Waals surface area contributed by atoms with Crippen LogP contribution < -0.4 is 4.72 Å². The van der Waals surface area contributed by atoms with Crippen molar-refractivity contribution in [1.29, 1.82) is 0 Å². The first kappa shape index (κ1) is 10.5. The summed E-state index contributed by atoms with van der Waals surface area (Å²) in [5.74, 6) is 0. The summed E-state index contributed by atoms with van der Waals surface area (Å²) in [5.41, 5.74) is 0. The molecule has 0 aromatic heterocycles. The second kappa shape index (κ2) is 4.58. The lowest BCUT2D eigenvalue weighted by Gasteiger charge is -2.03. The highest BCUT2D eigenvalue weighted by atomic mass is 79.9. The zero-order chi connectivity index (χ0) is 9.03. The molecule has 0 aromatic carbocycles. The summed E-state index contributed by atoms with van der Waals surface area (Å²) in [4.78, 5) is 0. The van der Waals surface area contributed by atoms with Crippen molar-refractivity contribution in [2.24, 2.45) is 0 Å². The minimum absolute atomic E-state index is 0.0820. The second-order valence-corrected chi connectivity index (χ2v) is 5.87. The molecule has 0 amide bonds.